The van der Waals surface area contributed by atoms with Crippen molar-refractivity contribution >= 4 is 27.5 Å². The van der Waals surface area contributed by atoms with Gasteiger partial charge in [0.2, 0.25) is 5.91 Å². The molecule has 10 nitrogen and oxygen atoms in total. The monoisotopic (exact) mass is 695 g/mol. The fourth-order valence-corrected chi connectivity index (χ4v) is 10.8. The topological polar surface area (TPSA) is 114 Å². The summed E-state index contributed by atoms with van der Waals surface area (Å²) in [5, 5.41) is 11.9. The van der Waals surface area contributed by atoms with Gasteiger partial charge in [-0.15, -0.1) is 0 Å². The van der Waals surface area contributed by atoms with Crippen molar-refractivity contribution in [3.8, 4) is 0 Å². The number of carboxylic acid groups (broad SMARTS) is 1. The fourth-order valence-electron chi connectivity index (χ4n) is 9.17. The summed E-state index contributed by atoms with van der Waals surface area (Å²) in [5.41, 5.74) is 1.61. The first-order chi connectivity index (χ1) is 23.4. The van der Waals surface area contributed by atoms with Crippen molar-refractivity contribution < 1.29 is 27.5 Å². The molecule has 2 amide bonds. The molecule has 266 valence electrons. The maximum absolute atomic E-state index is 14.8. The van der Waals surface area contributed by atoms with Crippen molar-refractivity contribution in [1.82, 2.24) is 20.0 Å². The van der Waals surface area contributed by atoms with Gasteiger partial charge in [0.15, 0.2) is 9.84 Å². The van der Waals surface area contributed by atoms with Crippen LogP contribution in [0.25, 0.3) is 0 Å². The van der Waals surface area contributed by atoms with Gasteiger partial charge in [-0.25, -0.2) is 17.6 Å². The number of rotatable bonds is 12. The minimum Gasteiger partial charge on any atom is -0.465 e. The Labute approximate surface area is 289 Å². The third-order valence-corrected chi connectivity index (χ3v) is 13.6. The van der Waals surface area contributed by atoms with E-state index < -0.39 is 21.2 Å². The molecule has 3 heterocycles. The summed E-state index contributed by atoms with van der Waals surface area (Å²) >= 11 is 0. The van der Waals surface area contributed by atoms with Crippen molar-refractivity contribution in [2.75, 3.05) is 71.4 Å². The zero-order valence-corrected chi connectivity index (χ0v) is 29.5. The number of carbonyl (C=O) groups is 2. The number of anilines is 1. The molecule has 0 radical (unpaired) electrons. The molecule has 0 aromatic heterocycles. The second-order valence-electron chi connectivity index (χ2n) is 14.8. The number of halogens is 1. The SMILES string of the molecule is C=CC(=O)N1CC(S(=O)(=O)c2ccc(N3CC(CN4CCC([C@@](CN(C)C)(c5cccc(F)c5)[C@H]5CCC[C@@H]5NC(=O)O)CC4)C3)cc2)C1. The van der Waals surface area contributed by atoms with Crippen LogP contribution in [0.4, 0.5) is 14.9 Å². The Kier molecular flexibility index (Phi) is 10.4. The van der Waals surface area contributed by atoms with Crippen molar-refractivity contribution in [3.63, 3.8) is 0 Å². The average molecular weight is 696 g/mol. The van der Waals surface area contributed by atoms with Crippen LogP contribution < -0.4 is 10.2 Å². The van der Waals surface area contributed by atoms with Gasteiger partial charge in [0.1, 0.15) is 11.1 Å². The molecule has 12 heteroatoms. The van der Waals surface area contributed by atoms with Crippen LogP contribution in [0.2, 0.25) is 0 Å². The van der Waals surface area contributed by atoms with E-state index in [-0.39, 0.29) is 53.0 Å². The molecule has 2 aromatic rings. The van der Waals surface area contributed by atoms with Gasteiger partial charge in [-0.2, -0.15) is 0 Å². The van der Waals surface area contributed by atoms with E-state index >= 15 is 0 Å². The largest absolute Gasteiger partial charge is 0.465 e. The predicted molar refractivity (Wildman–Crippen MR) is 188 cm³/mol. The maximum atomic E-state index is 14.8. The number of sulfone groups is 1. The van der Waals surface area contributed by atoms with Crippen LogP contribution in [0.1, 0.15) is 37.7 Å². The van der Waals surface area contributed by atoms with Crippen molar-refractivity contribution in [2.24, 2.45) is 17.8 Å². The van der Waals surface area contributed by atoms with Crippen LogP contribution in [0.5, 0.6) is 0 Å². The van der Waals surface area contributed by atoms with Crippen LogP contribution in [-0.2, 0) is 20.0 Å². The van der Waals surface area contributed by atoms with Crippen LogP contribution in [0.15, 0.2) is 66.1 Å². The Morgan fingerprint density at radius 3 is 2.35 bits per heavy atom. The molecule has 0 spiro atoms. The minimum atomic E-state index is -3.50. The average Bonchev–Trinajstić information content (AvgIpc) is 3.48. The van der Waals surface area contributed by atoms with Gasteiger partial charge in [-0.3, -0.25) is 4.79 Å². The molecule has 6 rings (SSSR count). The summed E-state index contributed by atoms with van der Waals surface area (Å²) in [4.78, 5) is 32.3. The molecule has 3 saturated heterocycles. The van der Waals surface area contributed by atoms with Crippen LogP contribution >= 0.6 is 0 Å². The number of carbonyl (C=O) groups excluding carboxylic acids is 1. The Morgan fingerprint density at radius 2 is 1.73 bits per heavy atom. The predicted octanol–water partition coefficient (Wildman–Crippen LogP) is 4.08. The molecule has 49 heavy (non-hydrogen) atoms. The summed E-state index contributed by atoms with van der Waals surface area (Å²) in [6, 6.07) is 14.0. The fraction of sp³-hybridized carbons (Fsp3) is 0.568. The van der Waals surface area contributed by atoms with E-state index in [1.165, 1.54) is 17.0 Å². The lowest BCUT2D eigenvalue weighted by atomic mass is 9.58. The first-order valence-electron chi connectivity index (χ1n) is 17.5. The zero-order valence-electron chi connectivity index (χ0n) is 28.6. The lowest BCUT2D eigenvalue weighted by Gasteiger charge is -2.52. The molecule has 0 bridgehead atoms. The van der Waals surface area contributed by atoms with Gasteiger partial charge >= 0.3 is 6.09 Å². The van der Waals surface area contributed by atoms with Crippen LogP contribution in [0.3, 0.4) is 0 Å². The van der Waals surface area contributed by atoms with Gasteiger partial charge in [0.05, 0.1) is 4.90 Å². The molecule has 1 aliphatic carbocycles. The first kappa shape index (κ1) is 35.3. The molecule has 2 N–H and O–H groups in total. The number of piperidine rings is 1. The highest BCUT2D eigenvalue weighted by Crippen LogP contribution is 2.51. The third kappa shape index (κ3) is 7.23. The zero-order chi connectivity index (χ0) is 34.9. The molecule has 3 aliphatic heterocycles. The first-order valence-corrected chi connectivity index (χ1v) is 19.1. The van der Waals surface area contributed by atoms with E-state index in [9.17, 15) is 27.5 Å². The van der Waals surface area contributed by atoms with Crippen LogP contribution in [0, 0.1) is 23.6 Å². The van der Waals surface area contributed by atoms with Crippen LogP contribution in [-0.4, -0.2) is 118 Å². The maximum Gasteiger partial charge on any atom is 0.404 e. The summed E-state index contributed by atoms with van der Waals surface area (Å²) in [6.07, 6.45) is 4.81. The Bertz CT molecular complexity index is 1620. The van der Waals surface area contributed by atoms with Crippen molar-refractivity contribution in [2.45, 2.75) is 53.7 Å². The van der Waals surface area contributed by atoms with Gasteiger partial charge in [0, 0.05) is 62.3 Å². The standard InChI is InChI=1S/C37H50FN5O5S/c1-4-35(44)43-23-32(24-43)49(47,48)31-13-11-30(12-14-31)42-21-26(22-42)20-41-17-15-27(16-18-41)37(25-40(2)3,28-7-5-8-29(38)19-28)33-9-6-10-34(33)39-36(45)46/h4-5,7-8,11-14,19,26-27,32-34,39H,1,6,9-10,15-18,20-25H2,2-3H3,(H,45,46)/t33-,34-,37-/m0/s1. The molecular formula is C37H50FN5O5S. The summed E-state index contributed by atoms with van der Waals surface area (Å²) < 4.78 is 40.9. The second kappa shape index (κ2) is 14.4. The van der Waals surface area contributed by atoms with E-state index in [1.807, 2.05) is 18.2 Å². The Hall–Kier alpha value is -3.48. The number of nitrogens with one attached hydrogen (secondary N) is 1. The van der Waals surface area contributed by atoms with E-state index in [0.29, 0.717) is 5.92 Å². The molecule has 4 fully saturated rings. The summed E-state index contributed by atoms with van der Waals surface area (Å²) in [7, 11) is 0.617. The third-order valence-electron chi connectivity index (χ3n) is 11.5. The normalized spacial score (nSPS) is 23.9. The van der Waals surface area contributed by atoms with E-state index in [2.05, 4.69) is 40.7 Å². The quantitative estimate of drug-likeness (QED) is 0.320. The lowest BCUT2D eigenvalue weighted by Crippen LogP contribution is -2.58. The number of likely N-dealkylation sites (N-methyl/N-ethyl adjacent to an activating group) is 1. The number of benzene rings is 2. The van der Waals surface area contributed by atoms with Gasteiger partial charge in [-0.05, 0) is 113 Å². The number of hydrogen-bond donors (Lipinski definition) is 2. The Morgan fingerprint density at radius 1 is 1.04 bits per heavy atom. The van der Waals surface area contributed by atoms with Gasteiger partial charge < -0.3 is 30.0 Å². The highest BCUT2D eigenvalue weighted by Gasteiger charge is 2.52. The van der Waals surface area contributed by atoms with E-state index in [1.54, 1.807) is 24.3 Å². The minimum absolute atomic E-state index is 0.0794. The van der Waals surface area contributed by atoms with E-state index in [4.69, 9.17) is 0 Å². The van der Waals surface area contributed by atoms with Gasteiger partial charge in [-0.1, -0.05) is 25.1 Å². The molecule has 4 aliphatic rings. The Balaban J connectivity index is 1.07. The van der Waals surface area contributed by atoms with E-state index in [0.717, 1.165) is 82.6 Å². The molecule has 2 aromatic carbocycles. The summed E-state index contributed by atoms with van der Waals surface area (Å²) in [6.45, 7) is 9.29. The lowest BCUT2D eigenvalue weighted by molar-refractivity contribution is -0.129. The van der Waals surface area contributed by atoms with Gasteiger partial charge in [0.25, 0.3) is 0 Å². The molecule has 1 saturated carbocycles. The molecule has 3 atom stereocenters. The van der Waals surface area contributed by atoms with Crippen molar-refractivity contribution in [1.29, 1.82) is 0 Å². The number of nitrogens with zero attached hydrogens (tertiary/aromatic N) is 4. The highest BCUT2D eigenvalue weighted by atomic mass is 32.2. The summed E-state index contributed by atoms with van der Waals surface area (Å²) in [5.74, 6) is 0.379. The van der Waals surface area contributed by atoms with Crippen molar-refractivity contribution in [3.05, 3.63) is 72.6 Å². The number of amides is 2. The number of likely N-dealkylation sites (tertiary alicyclic amines) is 2. The number of hydrogen-bond acceptors (Lipinski definition) is 7. The second-order valence-corrected chi connectivity index (χ2v) is 17.1. The molecular weight excluding hydrogens is 646 g/mol. The highest BCUT2D eigenvalue weighted by molar-refractivity contribution is 7.92. The smallest absolute Gasteiger partial charge is 0.404 e. The molecule has 0 unspecified atom stereocenters.